The Morgan fingerprint density at radius 1 is 0.326 bits per heavy atom. The molecule has 9 aromatic rings. The molecule has 0 heterocycles. The van der Waals surface area contributed by atoms with E-state index >= 15 is 0 Å². The maximum Gasteiger partial charge on any atom is 0.0636 e. The summed E-state index contributed by atoms with van der Waals surface area (Å²) in [6, 6.07) is 5.65. The molecule has 9 rings (SSSR count). The van der Waals surface area contributed by atoms with Crippen LogP contribution in [0.4, 0.5) is 0 Å². The molecule has 0 aliphatic carbocycles. The lowest BCUT2D eigenvalue weighted by molar-refractivity contribution is 1.62. The number of rotatable bonds is 4. The average Bonchev–Trinajstić information content (AvgIpc) is 3.30. The molecule has 0 aliphatic rings. The normalized spacial score (nSPS) is 17.3. The van der Waals surface area contributed by atoms with Crippen molar-refractivity contribution < 1.29 is 26.0 Å². The maximum atomic E-state index is 10.0. The van der Waals surface area contributed by atoms with Gasteiger partial charge in [0.2, 0.25) is 0 Å². The number of hydrogen-bond donors (Lipinski definition) is 0. The van der Waals surface area contributed by atoms with Crippen LogP contribution in [0.3, 0.4) is 0 Å². The van der Waals surface area contributed by atoms with E-state index in [1.54, 1.807) is 18.2 Å². The van der Waals surface area contributed by atoms with Gasteiger partial charge in [-0.05, 0) is 106 Å². The minimum absolute atomic E-state index is 0.0909. The van der Waals surface area contributed by atoms with E-state index in [-0.39, 0.29) is 21.9 Å². The van der Waals surface area contributed by atoms with Gasteiger partial charge in [-0.15, -0.1) is 0 Å². The van der Waals surface area contributed by atoms with Crippen LogP contribution in [0.15, 0.2) is 182 Å². The van der Waals surface area contributed by atoms with Gasteiger partial charge >= 0.3 is 0 Å². The maximum absolute atomic E-state index is 10.0. The topological polar surface area (TPSA) is 0 Å². The predicted octanol–water partition coefficient (Wildman–Crippen LogP) is 13.0. The highest BCUT2D eigenvalue weighted by molar-refractivity contribution is 6.22. The van der Waals surface area contributed by atoms with Crippen molar-refractivity contribution in [2.75, 3.05) is 0 Å². The number of fused-ring (bicyclic) bond motifs is 4. The average molecular weight is 602 g/mol. The Bertz CT molecular complexity index is 3620. The van der Waals surface area contributed by atoms with Gasteiger partial charge in [0.15, 0.2) is 0 Å². The van der Waals surface area contributed by atoms with Gasteiger partial charge in [0.25, 0.3) is 0 Å². The summed E-state index contributed by atoms with van der Waals surface area (Å²) in [6.07, 6.45) is 0. The molecule has 0 saturated carbocycles. The third-order valence-corrected chi connectivity index (χ3v) is 8.00. The first-order valence-electron chi connectivity index (χ1n) is 23.9. The molecule has 0 atom stereocenters. The first kappa shape index (κ1) is 13.6. The number of benzene rings is 9. The van der Waals surface area contributed by atoms with E-state index in [1.807, 2.05) is 48.5 Å². The van der Waals surface area contributed by atoms with E-state index in [4.69, 9.17) is 16.4 Å². The monoisotopic (exact) mass is 601 g/mol. The molecule has 0 saturated heterocycles. The summed E-state index contributed by atoms with van der Waals surface area (Å²) in [6.45, 7) is 0. The zero-order valence-corrected chi connectivity index (χ0v) is 23.9. The van der Waals surface area contributed by atoms with Crippen molar-refractivity contribution in [1.82, 2.24) is 0 Å². The van der Waals surface area contributed by atoms with Crippen molar-refractivity contribution >= 4 is 43.1 Å². The number of hydrogen-bond acceptors (Lipinski definition) is 0. The molecule has 0 N–H and O–H groups in total. The van der Waals surface area contributed by atoms with E-state index in [9.17, 15) is 9.60 Å². The Hall–Kier alpha value is -5.98. The highest BCUT2D eigenvalue weighted by Gasteiger charge is 2.18. The highest BCUT2D eigenvalue weighted by Crippen LogP contribution is 2.46. The molecule has 0 aromatic heterocycles. The third-order valence-electron chi connectivity index (χ3n) is 8.00. The summed E-state index contributed by atoms with van der Waals surface area (Å²) in [5, 5.41) is -0.622. The minimum Gasteiger partial charge on any atom is -0.0622 e. The second-order valence-corrected chi connectivity index (χ2v) is 10.6. The Kier molecular flexibility index (Phi) is 3.21. The van der Waals surface area contributed by atoms with Gasteiger partial charge in [-0.3, -0.25) is 0 Å². The van der Waals surface area contributed by atoms with E-state index in [1.165, 1.54) is 0 Å². The summed E-state index contributed by atoms with van der Waals surface area (Å²) in [4.78, 5) is 0. The predicted molar refractivity (Wildman–Crippen MR) is 198 cm³/mol. The van der Waals surface area contributed by atoms with Crippen molar-refractivity contribution in [1.29, 1.82) is 0 Å². The summed E-state index contributed by atoms with van der Waals surface area (Å²) >= 11 is 0. The Morgan fingerprint density at radius 3 is 1.85 bits per heavy atom. The quantitative estimate of drug-likeness (QED) is 0.176. The Morgan fingerprint density at radius 2 is 0.978 bits per heavy atom. The van der Waals surface area contributed by atoms with E-state index in [0.717, 1.165) is 16.3 Å². The minimum atomic E-state index is -0.843. The molecular formula is C46H30. The van der Waals surface area contributed by atoms with Crippen LogP contribution in [-0.2, 0) is 0 Å². The van der Waals surface area contributed by atoms with Crippen LogP contribution in [0.25, 0.3) is 87.6 Å². The first-order valence-corrected chi connectivity index (χ1v) is 14.4. The molecule has 9 aromatic carbocycles. The van der Waals surface area contributed by atoms with Crippen LogP contribution >= 0.6 is 0 Å². The fourth-order valence-corrected chi connectivity index (χ4v) is 5.98. The van der Waals surface area contributed by atoms with Crippen molar-refractivity contribution in [2.45, 2.75) is 0 Å². The van der Waals surface area contributed by atoms with E-state index in [2.05, 4.69) is 0 Å². The molecule has 0 spiro atoms. The summed E-state index contributed by atoms with van der Waals surface area (Å²) < 4.78 is 171. The fraction of sp³-hybridized carbons (Fsp3) is 0. The van der Waals surface area contributed by atoms with Crippen LogP contribution in [-0.4, -0.2) is 0 Å². The Balaban J connectivity index is 1.60. The van der Waals surface area contributed by atoms with Crippen LogP contribution in [0.2, 0.25) is 0 Å². The zero-order valence-electron chi connectivity index (χ0n) is 42.9. The molecule has 46 heavy (non-hydrogen) atoms. The molecule has 214 valence electrons. The fourth-order valence-electron chi connectivity index (χ4n) is 5.98. The van der Waals surface area contributed by atoms with Crippen molar-refractivity contribution in [2.24, 2.45) is 0 Å². The molecule has 0 heteroatoms. The van der Waals surface area contributed by atoms with Gasteiger partial charge in [0.1, 0.15) is 0 Å². The molecular weight excluding hydrogens is 553 g/mol. The lowest BCUT2D eigenvalue weighted by Gasteiger charge is -2.19. The smallest absolute Gasteiger partial charge is 0.0622 e. The summed E-state index contributed by atoms with van der Waals surface area (Å²) in [7, 11) is 0. The first-order chi connectivity index (χ1) is 30.7. The molecule has 0 amide bonds. The van der Waals surface area contributed by atoms with Crippen LogP contribution in [0.5, 0.6) is 0 Å². The van der Waals surface area contributed by atoms with Crippen molar-refractivity contribution in [3.05, 3.63) is 182 Å². The van der Waals surface area contributed by atoms with Gasteiger partial charge in [-0.2, -0.15) is 0 Å². The van der Waals surface area contributed by atoms with Crippen molar-refractivity contribution in [3.8, 4) is 44.5 Å². The van der Waals surface area contributed by atoms with Crippen LogP contribution in [0.1, 0.15) is 26.0 Å². The summed E-state index contributed by atoms with van der Waals surface area (Å²) in [5.74, 6) is 0. The molecule has 0 unspecified atom stereocenters. The Labute approximate surface area is 295 Å². The largest absolute Gasteiger partial charge is 0.0636 e. The van der Waals surface area contributed by atoms with Gasteiger partial charge in [0.05, 0.1) is 26.0 Å². The van der Waals surface area contributed by atoms with Gasteiger partial charge < -0.3 is 0 Å². The molecule has 0 radical (unpaired) electrons. The third kappa shape index (κ3) is 4.38. The second kappa shape index (κ2) is 10.9. The lowest BCUT2D eigenvalue weighted by Crippen LogP contribution is -1.92. The van der Waals surface area contributed by atoms with Gasteiger partial charge in [0, 0.05) is 0 Å². The standard InChI is InChI=1S/C46H30/c1-2-12-31(13-3-1)35-26-27-43-44(30-35)46(37-19-10-18-36(29-37)40-23-11-17-33-15-6-7-20-39(33)40)42-22-9-8-21-41(42)45(43)38-25-24-32-14-4-5-16-34(32)28-38/h1-30H/i1D,2D,3D,4D,5D,8D,9D,12D,13D,14D,16D,21D,22D,24D,25D,26D,27D,28D,30D. The van der Waals surface area contributed by atoms with Gasteiger partial charge in [-0.25, -0.2) is 0 Å². The second-order valence-electron chi connectivity index (χ2n) is 10.6. The lowest BCUT2D eigenvalue weighted by atomic mass is 9.84. The van der Waals surface area contributed by atoms with Crippen LogP contribution < -0.4 is 0 Å². The van der Waals surface area contributed by atoms with Crippen LogP contribution in [0, 0.1) is 0 Å². The molecule has 0 bridgehead atoms. The zero-order chi connectivity index (χ0) is 47.0. The van der Waals surface area contributed by atoms with Crippen molar-refractivity contribution in [3.63, 3.8) is 0 Å². The molecule has 0 fully saturated rings. The van der Waals surface area contributed by atoms with E-state index in [0.29, 0.717) is 5.56 Å². The van der Waals surface area contributed by atoms with E-state index < -0.39 is 159 Å². The highest BCUT2D eigenvalue weighted by atomic mass is 14.2. The molecule has 0 nitrogen and oxygen atoms in total. The summed E-state index contributed by atoms with van der Waals surface area (Å²) in [5.41, 5.74) is -0.721. The SMILES string of the molecule is [2H]c1c([2H])c([2H])c(-c2c([2H])c([2H])c3c(-c4c([2H])c([2H])c5c([2H])c([2H])c([2H])c([2H])c5c4[2H])c4c([2H])c([2H])c([2H])c([2H])c4c(-c4cccc(-c5cccc6ccccc56)c4)c3c2[2H])c([2H])c1[2H]. The van der Waals surface area contributed by atoms with Gasteiger partial charge in [-0.1, -0.05) is 163 Å². The molecule has 0 aliphatic heterocycles.